The zero-order valence-corrected chi connectivity index (χ0v) is 11.2. The number of hydrogen-bond donors (Lipinski definition) is 2. The van der Waals surface area contributed by atoms with Gasteiger partial charge in [0, 0.05) is 23.3 Å². The molecule has 0 saturated heterocycles. The van der Waals surface area contributed by atoms with Crippen LogP contribution in [0.15, 0.2) is 42.6 Å². The van der Waals surface area contributed by atoms with Gasteiger partial charge in [0.15, 0.2) is 11.5 Å². The molecule has 1 aromatic heterocycles. The van der Waals surface area contributed by atoms with Crippen molar-refractivity contribution in [3.8, 4) is 29.0 Å². The molecule has 0 aliphatic carbocycles. The van der Waals surface area contributed by atoms with Crippen molar-refractivity contribution in [2.45, 2.75) is 0 Å². The van der Waals surface area contributed by atoms with Crippen molar-refractivity contribution < 1.29 is 14.9 Å². The Balaban J connectivity index is 2.27. The van der Waals surface area contributed by atoms with Crippen LogP contribution < -0.4 is 4.74 Å². The Morgan fingerprint density at radius 3 is 2.38 bits per heavy atom. The molecule has 2 aromatic carbocycles. The van der Waals surface area contributed by atoms with Crippen molar-refractivity contribution in [1.29, 1.82) is 5.26 Å². The lowest BCUT2D eigenvalue weighted by molar-refractivity contribution is 0.405. The number of phenols is 2. The molecule has 3 rings (SSSR count). The lowest BCUT2D eigenvalue weighted by Crippen LogP contribution is -1.92. The fraction of sp³-hybridized carbons (Fsp3) is 0.0625. The van der Waals surface area contributed by atoms with Crippen molar-refractivity contribution in [3.63, 3.8) is 0 Å². The molecular formula is C16H12N2O3. The summed E-state index contributed by atoms with van der Waals surface area (Å²) in [6, 6.07) is 12.3. The summed E-state index contributed by atoms with van der Waals surface area (Å²) in [6.45, 7) is 0. The molecule has 5 nitrogen and oxygen atoms in total. The number of aromatic hydroxyl groups is 2. The van der Waals surface area contributed by atoms with Gasteiger partial charge in [-0.3, -0.25) is 0 Å². The Bertz CT molecular complexity index is 858. The molecule has 2 N–H and O–H groups in total. The number of rotatable bonds is 2. The Labute approximate surface area is 120 Å². The van der Waals surface area contributed by atoms with E-state index in [9.17, 15) is 15.5 Å². The van der Waals surface area contributed by atoms with Crippen LogP contribution in [0.1, 0.15) is 5.56 Å². The van der Waals surface area contributed by atoms with Gasteiger partial charge >= 0.3 is 0 Å². The van der Waals surface area contributed by atoms with Crippen molar-refractivity contribution in [1.82, 2.24) is 4.57 Å². The van der Waals surface area contributed by atoms with Crippen LogP contribution in [0, 0.1) is 11.3 Å². The average molecular weight is 280 g/mol. The second-order valence-electron chi connectivity index (χ2n) is 4.58. The summed E-state index contributed by atoms with van der Waals surface area (Å²) in [5.74, 6) is 0.266. The Morgan fingerprint density at radius 2 is 1.76 bits per heavy atom. The number of hydrogen-bond acceptors (Lipinski definition) is 4. The molecule has 0 bridgehead atoms. The topological polar surface area (TPSA) is 78.4 Å². The van der Waals surface area contributed by atoms with Crippen LogP contribution in [0.3, 0.4) is 0 Å². The van der Waals surface area contributed by atoms with Crippen LogP contribution in [0.5, 0.6) is 17.2 Å². The summed E-state index contributed by atoms with van der Waals surface area (Å²) >= 11 is 0. The summed E-state index contributed by atoms with van der Waals surface area (Å²) in [5.41, 5.74) is 1.90. The second kappa shape index (κ2) is 4.76. The van der Waals surface area contributed by atoms with Gasteiger partial charge in [0.1, 0.15) is 11.8 Å². The van der Waals surface area contributed by atoms with Gasteiger partial charge in [-0.25, -0.2) is 0 Å². The van der Waals surface area contributed by atoms with Gasteiger partial charge in [-0.05, 0) is 30.3 Å². The first-order chi connectivity index (χ1) is 10.1. The van der Waals surface area contributed by atoms with E-state index in [4.69, 9.17) is 4.74 Å². The molecule has 5 heteroatoms. The molecule has 0 radical (unpaired) electrons. The highest BCUT2D eigenvalue weighted by atomic mass is 16.5. The number of aromatic nitrogens is 1. The molecule has 0 fully saturated rings. The molecule has 3 aromatic rings. The minimum absolute atomic E-state index is 0.222. The largest absolute Gasteiger partial charge is 0.504 e. The molecule has 0 saturated carbocycles. The van der Waals surface area contributed by atoms with E-state index < -0.39 is 0 Å². The molecule has 0 unspecified atom stereocenters. The highest BCUT2D eigenvalue weighted by Crippen LogP contribution is 2.34. The van der Waals surface area contributed by atoms with E-state index >= 15 is 0 Å². The van der Waals surface area contributed by atoms with Gasteiger partial charge in [-0.15, -0.1) is 0 Å². The minimum atomic E-state index is -0.244. The first-order valence-electron chi connectivity index (χ1n) is 6.25. The number of nitriles is 1. The van der Waals surface area contributed by atoms with Crippen LogP contribution in [-0.4, -0.2) is 21.9 Å². The Morgan fingerprint density at radius 1 is 1.10 bits per heavy atom. The predicted molar refractivity (Wildman–Crippen MR) is 77.9 cm³/mol. The maximum absolute atomic E-state index is 9.69. The van der Waals surface area contributed by atoms with E-state index in [-0.39, 0.29) is 11.5 Å². The smallest absolute Gasteiger partial charge is 0.159 e. The van der Waals surface area contributed by atoms with Gasteiger partial charge in [0.25, 0.3) is 0 Å². The third-order valence-corrected chi connectivity index (χ3v) is 3.37. The number of ether oxygens (including phenoxy) is 1. The van der Waals surface area contributed by atoms with Gasteiger partial charge in [-0.2, -0.15) is 5.26 Å². The van der Waals surface area contributed by atoms with E-state index in [0.717, 1.165) is 11.4 Å². The number of methoxy groups -OCH3 is 1. The van der Waals surface area contributed by atoms with Crippen LogP contribution >= 0.6 is 0 Å². The van der Waals surface area contributed by atoms with Gasteiger partial charge in [0.2, 0.25) is 0 Å². The van der Waals surface area contributed by atoms with E-state index in [1.54, 1.807) is 17.9 Å². The third kappa shape index (κ3) is 2.03. The third-order valence-electron chi connectivity index (χ3n) is 3.37. The molecule has 104 valence electrons. The van der Waals surface area contributed by atoms with Crippen LogP contribution in [0.2, 0.25) is 0 Å². The standard InChI is InChI=1S/C16H12N2O3/c1-21-12-4-2-11(3-5-12)18-9-10(8-17)13-6-15(19)16(20)7-14(13)18/h2-7,9,19-20H,1H3. The minimum Gasteiger partial charge on any atom is -0.504 e. The first-order valence-corrected chi connectivity index (χ1v) is 6.25. The maximum Gasteiger partial charge on any atom is 0.159 e. The zero-order chi connectivity index (χ0) is 15.0. The quantitative estimate of drug-likeness (QED) is 0.707. The van der Waals surface area contributed by atoms with Crippen LogP contribution in [0.4, 0.5) is 0 Å². The molecule has 21 heavy (non-hydrogen) atoms. The molecule has 0 spiro atoms. The summed E-state index contributed by atoms with van der Waals surface area (Å²) in [7, 11) is 1.59. The van der Waals surface area contributed by atoms with Crippen molar-refractivity contribution in [3.05, 3.63) is 48.2 Å². The van der Waals surface area contributed by atoms with Gasteiger partial charge in [-0.1, -0.05) is 0 Å². The van der Waals surface area contributed by atoms with Gasteiger partial charge in [0.05, 0.1) is 18.2 Å². The number of nitrogens with zero attached hydrogens (tertiary/aromatic N) is 2. The van der Waals surface area contributed by atoms with Crippen LogP contribution in [0.25, 0.3) is 16.6 Å². The fourth-order valence-electron chi connectivity index (χ4n) is 2.29. The fourth-order valence-corrected chi connectivity index (χ4v) is 2.29. The summed E-state index contributed by atoms with van der Waals surface area (Å²) < 4.78 is 6.90. The van der Waals surface area contributed by atoms with Crippen LogP contribution in [-0.2, 0) is 0 Å². The summed E-state index contributed by atoms with van der Waals surface area (Å²) in [6.07, 6.45) is 1.67. The molecule has 0 aliphatic heterocycles. The number of phenolic OH excluding ortho intramolecular Hbond substituents is 2. The molecule has 0 aliphatic rings. The Hall–Kier alpha value is -3.13. The Kier molecular flexibility index (Phi) is 2.92. The van der Waals surface area contributed by atoms with E-state index in [2.05, 4.69) is 6.07 Å². The molecule has 0 atom stereocenters. The van der Waals surface area contributed by atoms with E-state index in [1.165, 1.54) is 12.1 Å². The normalized spacial score (nSPS) is 10.5. The predicted octanol–water partition coefficient (Wildman–Crippen LogP) is 2.92. The van der Waals surface area contributed by atoms with E-state index in [0.29, 0.717) is 16.5 Å². The molecule has 1 heterocycles. The lowest BCUT2D eigenvalue weighted by atomic mass is 10.1. The molecule has 0 amide bonds. The highest BCUT2D eigenvalue weighted by Gasteiger charge is 2.13. The number of fused-ring (bicyclic) bond motifs is 1. The SMILES string of the molecule is COc1ccc(-n2cc(C#N)c3cc(O)c(O)cc32)cc1. The maximum atomic E-state index is 9.69. The summed E-state index contributed by atoms with van der Waals surface area (Å²) in [4.78, 5) is 0. The van der Waals surface area contributed by atoms with Crippen molar-refractivity contribution in [2.24, 2.45) is 0 Å². The zero-order valence-electron chi connectivity index (χ0n) is 11.2. The highest BCUT2D eigenvalue weighted by molar-refractivity contribution is 5.90. The molecular weight excluding hydrogens is 268 g/mol. The monoisotopic (exact) mass is 280 g/mol. The number of benzene rings is 2. The van der Waals surface area contributed by atoms with E-state index in [1.807, 2.05) is 24.3 Å². The van der Waals surface area contributed by atoms with Crippen molar-refractivity contribution in [2.75, 3.05) is 7.11 Å². The lowest BCUT2D eigenvalue weighted by Gasteiger charge is -2.07. The first kappa shape index (κ1) is 12.9. The second-order valence-corrected chi connectivity index (χ2v) is 4.58. The van der Waals surface area contributed by atoms with Crippen molar-refractivity contribution >= 4 is 10.9 Å². The van der Waals surface area contributed by atoms with Gasteiger partial charge < -0.3 is 19.5 Å². The average Bonchev–Trinajstić information content (AvgIpc) is 2.85. The summed E-state index contributed by atoms with van der Waals surface area (Å²) in [5, 5.41) is 29.1.